The van der Waals surface area contributed by atoms with Crippen LogP contribution in [-0.2, 0) is 0 Å². The summed E-state index contributed by atoms with van der Waals surface area (Å²) in [7, 11) is 1.69. The Balaban J connectivity index is 3.56. The van der Waals surface area contributed by atoms with Gasteiger partial charge in [-0.25, -0.2) is 0 Å². The Morgan fingerprint density at radius 1 is 1.13 bits per heavy atom. The van der Waals surface area contributed by atoms with Gasteiger partial charge in [-0.15, -0.1) is 0 Å². The van der Waals surface area contributed by atoms with E-state index in [1.165, 1.54) is 0 Å². The molecule has 0 aliphatic heterocycles. The second-order valence-corrected chi connectivity index (χ2v) is 3.90. The van der Waals surface area contributed by atoms with Crippen LogP contribution in [0.25, 0.3) is 11.1 Å². The van der Waals surface area contributed by atoms with Gasteiger partial charge in [-0.05, 0) is 37.5 Å². The Bertz CT molecular complexity index is 414. The second-order valence-electron chi connectivity index (χ2n) is 3.90. The summed E-state index contributed by atoms with van der Waals surface area (Å²) in [5, 5.41) is 0. The maximum Gasteiger partial charge on any atom is 0.129 e. The first-order chi connectivity index (χ1) is 6.99. The van der Waals surface area contributed by atoms with Gasteiger partial charge in [0.15, 0.2) is 0 Å². The minimum atomic E-state index is 0.906. The number of allylic oxidation sites excluding steroid dienone is 2. The number of methoxy groups -OCH3 is 1. The minimum absolute atomic E-state index is 0.906. The van der Waals surface area contributed by atoms with Crippen molar-refractivity contribution in [2.24, 2.45) is 0 Å². The Morgan fingerprint density at radius 2 is 1.73 bits per heavy atom. The lowest BCUT2D eigenvalue weighted by molar-refractivity contribution is 0.410. The van der Waals surface area contributed by atoms with Crippen LogP contribution in [0.3, 0.4) is 0 Å². The molecule has 0 atom stereocenters. The highest BCUT2D eigenvalue weighted by atomic mass is 16.5. The smallest absolute Gasteiger partial charge is 0.129 e. The van der Waals surface area contributed by atoms with Crippen molar-refractivity contribution in [3.8, 4) is 5.75 Å². The fourth-order valence-corrected chi connectivity index (χ4v) is 1.73. The first-order valence-electron chi connectivity index (χ1n) is 4.98. The molecular formula is C14H18O. The molecule has 1 heteroatoms. The topological polar surface area (TPSA) is 9.23 Å². The van der Waals surface area contributed by atoms with Crippen molar-refractivity contribution in [1.82, 2.24) is 0 Å². The van der Waals surface area contributed by atoms with Gasteiger partial charge in [0.2, 0.25) is 0 Å². The Kier molecular flexibility index (Phi) is 3.35. The van der Waals surface area contributed by atoms with E-state index in [1.807, 2.05) is 20.8 Å². The summed E-state index contributed by atoms with van der Waals surface area (Å²) < 4.78 is 5.43. The first-order valence-corrected chi connectivity index (χ1v) is 4.98. The molecule has 0 unspecified atom stereocenters. The number of hydrogen-bond donors (Lipinski definition) is 0. The van der Waals surface area contributed by atoms with E-state index in [9.17, 15) is 0 Å². The Labute approximate surface area is 92.1 Å². The molecule has 1 nitrogen and oxygen atoms in total. The summed E-state index contributed by atoms with van der Waals surface area (Å²) in [6.45, 7) is 14.0. The van der Waals surface area contributed by atoms with Crippen molar-refractivity contribution in [3.63, 3.8) is 0 Å². The third kappa shape index (κ3) is 2.12. The van der Waals surface area contributed by atoms with E-state index >= 15 is 0 Å². The lowest BCUT2D eigenvalue weighted by atomic mass is 9.94. The van der Waals surface area contributed by atoms with Gasteiger partial charge in [-0.2, -0.15) is 0 Å². The van der Waals surface area contributed by atoms with Gasteiger partial charge < -0.3 is 4.74 Å². The number of benzene rings is 1. The van der Waals surface area contributed by atoms with Crippen LogP contribution < -0.4 is 4.74 Å². The van der Waals surface area contributed by atoms with Gasteiger partial charge in [0.05, 0.1) is 7.11 Å². The van der Waals surface area contributed by atoms with Crippen LogP contribution in [0.15, 0.2) is 25.3 Å². The van der Waals surface area contributed by atoms with Crippen LogP contribution in [-0.4, -0.2) is 7.11 Å². The third-order valence-corrected chi connectivity index (χ3v) is 2.45. The fraction of sp³-hybridized carbons (Fsp3) is 0.286. The first kappa shape index (κ1) is 11.6. The highest BCUT2D eigenvalue weighted by molar-refractivity contribution is 5.81. The van der Waals surface area contributed by atoms with Crippen molar-refractivity contribution in [2.75, 3.05) is 7.11 Å². The summed E-state index contributed by atoms with van der Waals surface area (Å²) >= 11 is 0. The minimum Gasteiger partial charge on any atom is -0.496 e. The van der Waals surface area contributed by atoms with Gasteiger partial charge in [-0.3, -0.25) is 0 Å². The maximum absolute atomic E-state index is 5.43. The molecule has 0 amide bonds. The van der Waals surface area contributed by atoms with Gasteiger partial charge >= 0.3 is 0 Å². The maximum atomic E-state index is 5.43. The second kappa shape index (κ2) is 4.35. The van der Waals surface area contributed by atoms with E-state index in [-0.39, 0.29) is 0 Å². The van der Waals surface area contributed by atoms with E-state index in [4.69, 9.17) is 4.74 Å². The van der Waals surface area contributed by atoms with Gasteiger partial charge in [0.25, 0.3) is 0 Å². The van der Waals surface area contributed by atoms with E-state index in [0.717, 1.165) is 33.6 Å². The van der Waals surface area contributed by atoms with Crippen molar-refractivity contribution in [2.45, 2.75) is 20.8 Å². The van der Waals surface area contributed by atoms with Gasteiger partial charge in [0, 0.05) is 5.56 Å². The third-order valence-electron chi connectivity index (χ3n) is 2.45. The normalized spacial score (nSPS) is 9.87. The molecule has 0 aromatic heterocycles. The Morgan fingerprint density at radius 3 is 2.13 bits per heavy atom. The van der Waals surface area contributed by atoms with Crippen molar-refractivity contribution in [1.29, 1.82) is 0 Å². The fourth-order valence-electron chi connectivity index (χ4n) is 1.73. The lowest BCUT2D eigenvalue weighted by Crippen LogP contribution is -1.97. The molecule has 1 rings (SSSR count). The van der Waals surface area contributed by atoms with Crippen LogP contribution >= 0.6 is 0 Å². The highest BCUT2D eigenvalue weighted by Crippen LogP contribution is 2.34. The quantitative estimate of drug-likeness (QED) is 0.718. The number of rotatable bonds is 3. The number of aryl methyl sites for hydroxylation is 1. The number of ether oxygens (including phenoxy) is 1. The summed E-state index contributed by atoms with van der Waals surface area (Å²) in [5.41, 5.74) is 5.36. The SMILES string of the molecule is C=C(C)c1ccc(C)c(OC)c1C(=C)C. The highest BCUT2D eigenvalue weighted by Gasteiger charge is 2.12. The molecule has 0 saturated heterocycles. The molecule has 0 aliphatic carbocycles. The molecule has 80 valence electrons. The molecule has 0 saturated carbocycles. The summed E-state index contributed by atoms with van der Waals surface area (Å²) in [6.07, 6.45) is 0. The van der Waals surface area contributed by atoms with Crippen molar-refractivity contribution >= 4 is 11.1 Å². The van der Waals surface area contributed by atoms with Crippen molar-refractivity contribution in [3.05, 3.63) is 42.0 Å². The molecular weight excluding hydrogens is 184 g/mol. The monoisotopic (exact) mass is 202 g/mol. The molecule has 0 fully saturated rings. The van der Waals surface area contributed by atoms with Crippen LogP contribution in [0.1, 0.15) is 30.5 Å². The molecule has 1 aromatic rings. The zero-order valence-electron chi connectivity index (χ0n) is 9.98. The summed E-state index contributed by atoms with van der Waals surface area (Å²) in [4.78, 5) is 0. The predicted molar refractivity (Wildman–Crippen MR) is 67.1 cm³/mol. The molecule has 0 spiro atoms. The van der Waals surface area contributed by atoms with E-state index in [1.54, 1.807) is 7.11 Å². The van der Waals surface area contributed by atoms with Crippen LogP contribution in [0, 0.1) is 6.92 Å². The lowest BCUT2D eigenvalue weighted by Gasteiger charge is -2.16. The van der Waals surface area contributed by atoms with Gasteiger partial charge in [0.1, 0.15) is 5.75 Å². The summed E-state index contributed by atoms with van der Waals surface area (Å²) in [6, 6.07) is 4.12. The molecule has 0 N–H and O–H groups in total. The predicted octanol–water partition coefficient (Wildman–Crippen LogP) is 4.07. The zero-order valence-corrected chi connectivity index (χ0v) is 9.98. The molecule has 0 heterocycles. The average molecular weight is 202 g/mol. The largest absolute Gasteiger partial charge is 0.496 e. The van der Waals surface area contributed by atoms with Crippen LogP contribution in [0.5, 0.6) is 5.75 Å². The van der Waals surface area contributed by atoms with E-state index in [0.29, 0.717) is 0 Å². The van der Waals surface area contributed by atoms with Crippen molar-refractivity contribution < 1.29 is 4.74 Å². The molecule has 0 aliphatic rings. The molecule has 0 bridgehead atoms. The Hall–Kier alpha value is -1.50. The van der Waals surface area contributed by atoms with Crippen LogP contribution in [0.2, 0.25) is 0 Å². The molecule has 0 radical (unpaired) electrons. The molecule has 1 aromatic carbocycles. The van der Waals surface area contributed by atoms with Crippen LogP contribution in [0.4, 0.5) is 0 Å². The molecule has 15 heavy (non-hydrogen) atoms. The average Bonchev–Trinajstić information content (AvgIpc) is 2.16. The zero-order chi connectivity index (χ0) is 11.6. The van der Waals surface area contributed by atoms with Gasteiger partial charge in [-0.1, -0.05) is 30.9 Å². The van der Waals surface area contributed by atoms with E-state index < -0.39 is 0 Å². The van der Waals surface area contributed by atoms with E-state index in [2.05, 4.69) is 25.3 Å². The summed E-state index contributed by atoms with van der Waals surface area (Å²) in [5.74, 6) is 0.906. The standard InChI is InChI=1S/C14H18O/c1-9(2)12-8-7-11(5)14(15-6)13(12)10(3)4/h7-8H,1,3H2,2,4-6H3. The number of hydrogen-bond acceptors (Lipinski definition) is 1.